The first-order valence-electron chi connectivity index (χ1n) is 9.68. The van der Waals surface area contributed by atoms with Crippen LogP contribution >= 0.6 is 0 Å². The van der Waals surface area contributed by atoms with E-state index in [9.17, 15) is 9.90 Å². The highest BCUT2D eigenvalue weighted by Gasteiger charge is 2.23. The Morgan fingerprint density at radius 2 is 1.67 bits per heavy atom. The number of carbonyl (C=O) groups is 1. The molecule has 0 aliphatic carbocycles. The highest BCUT2D eigenvalue weighted by molar-refractivity contribution is 5.76. The van der Waals surface area contributed by atoms with E-state index in [1.54, 1.807) is 0 Å². The van der Waals surface area contributed by atoms with E-state index >= 15 is 0 Å². The molecule has 2 aliphatic rings. The summed E-state index contributed by atoms with van der Waals surface area (Å²) in [7, 11) is 0. The number of hydrogen-bond acceptors (Lipinski definition) is 5. The fourth-order valence-corrected chi connectivity index (χ4v) is 3.51. The molecule has 2 saturated heterocycles. The Hall–Kier alpha value is -0.690. The van der Waals surface area contributed by atoms with E-state index in [1.807, 2.05) is 4.90 Å². The standard InChI is InChI=1S/C18H36N4O2/c1-16(2)19-14-17(23)15-21-10-12-22(13-11-21)18(24)6-9-20-7-4-3-5-8-20/h16-17,19,23H,3-15H2,1-2H3. The third-order valence-corrected chi connectivity index (χ3v) is 5.05. The van der Waals surface area contributed by atoms with Crippen LogP contribution in [0.15, 0.2) is 0 Å². The maximum Gasteiger partial charge on any atom is 0.223 e. The van der Waals surface area contributed by atoms with Crippen molar-refractivity contribution < 1.29 is 9.90 Å². The van der Waals surface area contributed by atoms with Crippen molar-refractivity contribution in [1.82, 2.24) is 20.0 Å². The zero-order chi connectivity index (χ0) is 17.4. The van der Waals surface area contributed by atoms with Crippen LogP contribution in [0.4, 0.5) is 0 Å². The number of nitrogens with zero attached hydrogens (tertiary/aromatic N) is 3. The zero-order valence-corrected chi connectivity index (χ0v) is 15.5. The van der Waals surface area contributed by atoms with Crippen molar-refractivity contribution >= 4 is 5.91 Å². The van der Waals surface area contributed by atoms with Gasteiger partial charge < -0.3 is 20.2 Å². The molecular formula is C18H36N4O2. The second-order valence-corrected chi connectivity index (χ2v) is 7.55. The summed E-state index contributed by atoms with van der Waals surface area (Å²) in [4.78, 5) is 19.1. The van der Waals surface area contributed by atoms with Gasteiger partial charge in [-0.1, -0.05) is 20.3 Å². The first-order valence-corrected chi connectivity index (χ1v) is 9.68. The van der Waals surface area contributed by atoms with E-state index in [-0.39, 0.29) is 6.10 Å². The smallest absolute Gasteiger partial charge is 0.223 e. The van der Waals surface area contributed by atoms with Crippen LogP contribution in [0.5, 0.6) is 0 Å². The molecule has 0 spiro atoms. The molecule has 0 aromatic carbocycles. The summed E-state index contributed by atoms with van der Waals surface area (Å²) in [5.41, 5.74) is 0. The minimum Gasteiger partial charge on any atom is -0.390 e. The lowest BCUT2D eigenvalue weighted by Crippen LogP contribution is -2.51. The normalized spacial score (nSPS) is 22.1. The van der Waals surface area contributed by atoms with Crippen LogP contribution in [0.25, 0.3) is 0 Å². The zero-order valence-electron chi connectivity index (χ0n) is 15.5. The predicted octanol–water partition coefficient (Wildman–Crippen LogP) is 0.366. The molecule has 0 bridgehead atoms. The molecule has 2 heterocycles. The molecule has 0 aromatic heterocycles. The van der Waals surface area contributed by atoms with Crippen molar-refractivity contribution in [2.45, 2.75) is 51.7 Å². The Bertz CT molecular complexity index is 364. The van der Waals surface area contributed by atoms with E-state index in [0.717, 1.165) is 45.8 Å². The van der Waals surface area contributed by atoms with Gasteiger partial charge in [-0.25, -0.2) is 0 Å². The van der Waals surface area contributed by atoms with Gasteiger partial charge in [0, 0.05) is 58.3 Å². The molecule has 6 nitrogen and oxygen atoms in total. The Morgan fingerprint density at radius 3 is 2.29 bits per heavy atom. The molecule has 2 aliphatic heterocycles. The average Bonchev–Trinajstić information content (AvgIpc) is 2.59. The molecule has 2 N–H and O–H groups in total. The van der Waals surface area contributed by atoms with Gasteiger partial charge in [0.2, 0.25) is 5.91 Å². The number of aliphatic hydroxyl groups excluding tert-OH is 1. The van der Waals surface area contributed by atoms with Gasteiger partial charge in [-0.3, -0.25) is 9.69 Å². The lowest BCUT2D eigenvalue weighted by Gasteiger charge is -2.36. The summed E-state index contributed by atoms with van der Waals surface area (Å²) in [6.45, 7) is 12.0. The maximum atomic E-state index is 12.4. The number of carbonyl (C=O) groups excluding carboxylic acids is 1. The van der Waals surface area contributed by atoms with Gasteiger partial charge in [-0.15, -0.1) is 0 Å². The molecule has 6 heteroatoms. The molecule has 140 valence electrons. The third kappa shape index (κ3) is 7.05. The van der Waals surface area contributed by atoms with Gasteiger partial charge in [0.1, 0.15) is 0 Å². The van der Waals surface area contributed by atoms with E-state index in [2.05, 4.69) is 29.0 Å². The number of hydrogen-bond donors (Lipinski definition) is 2. The van der Waals surface area contributed by atoms with E-state index in [4.69, 9.17) is 0 Å². The van der Waals surface area contributed by atoms with Gasteiger partial charge in [-0.2, -0.15) is 0 Å². The number of β-amino-alcohol motifs (C(OH)–C–C–N with tert-alkyl or cyclic N) is 1. The van der Waals surface area contributed by atoms with Crippen molar-refractivity contribution in [2.75, 3.05) is 58.9 Å². The third-order valence-electron chi connectivity index (χ3n) is 5.05. The fourth-order valence-electron chi connectivity index (χ4n) is 3.51. The molecule has 2 rings (SSSR count). The minimum absolute atomic E-state index is 0.294. The second-order valence-electron chi connectivity index (χ2n) is 7.55. The number of likely N-dealkylation sites (tertiary alicyclic amines) is 1. The number of aliphatic hydroxyl groups is 1. The van der Waals surface area contributed by atoms with Gasteiger partial charge in [-0.05, 0) is 25.9 Å². The van der Waals surface area contributed by atoms with Crippen LogP contribution in [-0.2, 0) is 4.79 Å². The summed E-state index contributed by atoms with van der Waals surface area (Å²) in [6, 6.07) is 0.397. The molecule has 2 fully saturated rings. The van der Waals surface area contributed by atoms with E-state index in [1.165, 1.54) is 19.3 Å². The lowest BCUT2D eigenvalue weighted by atomic mass is 10.1. The SMILES string of the molecule is CC(C)NCC(O)CN1CCN(C(=O)CCN2CCCCC2)CC1. The van der Waals surface area contributed by atoms with Gasteiger partial charge in [0.25, 0.3) is 0 Å². The van der Waals surface area contributed by atoms with Crippen molar-refractivity contribution in [3.8, 4) is 0 Å². The Morgan fingerprint density at radius 1 is 1.00 bits per heavy atom. The Balaban J connectivity index is 1.60. The Labute approximate surface area is 147 Å². The summed E-state index contributed by atoms with van der Waals surface area (Å²) in [6.07, 6.45) is 4.21. The van der Waals surface area contributed by atoms with Crippen LogP contribution in [0.2, 0.25) is 0 Å². The van der Waals surface area contributed by atoms with Gasteiger partial charge >= 0.3 is 0 Å². The van der Waals surface area contributed by atoms with Crippen LogP contribution < -0.4 is 5.32 Å². The maximum absolute atomic E-state index is 12.4. The van der Waals surface area contributed by atoms with Crippen LogP contribution in [0.1, 0.15) is 39.5 Å². The second kappa shape index (κ2) is 10.3. The van der Waals surface area contributed by atoms with Crippen LogP contribution in [0.3, 0.4) is 0 Å². The first-order chi connectivity index (χ1) is 11.5. The van der Waals surface area contributed by atoms with Crippen molar-refractivity contribution in [3.05, 3.63) is 0 Å². The molecule has 1 unspecified atom stereocenters. The predicted molar refractivity (Wildman–Crippen MR) is 97.1 cm³/mol. The number of nitrogens with one attached hydrogen (secondary N) is 1. The molecule has 0 saturated carbocycles. The molecule has 0 aromatic rings. The van der Waals surface area contributed by atoms with E-state index in [0.29, 0.717) is 31.5 Å². The first kappa shape index (κ1) is 19.6. The summed E-state index contributed by atoms with van der Waals surface area (Å²) in [5.74, 6) is 0.294. The quantitative estimate of drug-likeness (QED) is 0.668. The topological polar surface area (TPSA) is 59.1 Å². The van der Waals surface area contributed by atoms with Crippen molar-refractivity contribution in [3.63, 3.8) is 0 Å². The average molecular weight is 341 g/mol. The largest absolute Gasteiger partial charge is 0.390 e. The van der Waals surface area contributed by atoms with Crippen molar-refractivity contribution in [1.29, 1.82) is 0 Å². The number of rotatable bonds is 8. The van der Waals surface area contributed by atoms with Gasteiger partial charge in [0.05, 0.1) is 6.10 Å². The summed E-state index contributed by atoms with van der Waals surface area (Å²) in [5, 5.41) is 13.3. The van der Waals surface area contributed by atoms with Gasteiger partial charge in [0.15, 0.2) is 0 Å². The fraction of sp³-hybridized carbons (Fsp3) is 0.944. The number of amides is 1. The van der Waals surface area contributed by atoms with Crippen LogP contribution in [0, 0.1) is 0 Å². The minimum atomic E-state index is -0.339. The molecular weight excluding hydrogens is 304 g/mol. The summed E-state index contributed by atoms with van der Waals surface area (Å²) >= 11 is 0. The number of piperidine rings is 1. The molecule has 1 amide bonds. The molecule has 24 heavy (non-hydrogen) atoms. The van der Waals surface area contributed by atoms with Crippen LogP contribution in [-0.4, -0.2) is 96.8 Å². The van der Waals surface area contributed by atoms with E-state index < -0.39 is 0 Å². The summed E-state index contributed by atoms with van der Waals surface area (Å²) < 4.78 is 0. The molecule has 0 radical (unpaired) electrons. The monoisotopic (exact) mass is 340 g/mol. The van der Waals surface area contributed by atoms with Crippen molar-refractivity contribution in [2.24, 2.45) is 0 Å². The lowest BCUT2D eigenvalue weighted by molar-refractivity contribution is -0.133. The highest BCUT2D eigenvalue weighted by Crippen LogP contribution is 2.10. The number of piperazine rings is 1. The Kier molecular flexibility index (Phi) is 8.45. The molecule has 1 atom stereocenters. The highest BCUT2D eigenvalue weighted by atomic mass is 16.3.